The molecule has 158 valence electrons. The van der Waals surface area contributed by atoms with Gasteiger partial charge in [-0.25, -0.2) is 0 Å². The van der Waals surface area contributed by atoms with Gasteiger partial charge in [0.05, 0.1) is 25.3 Å². The Balaban J connectivity index is 0.00000300. The van der Waals surface area contributed by atoms with Crippen LogP contribution in [0.1, 0.15) is 45.0 Å². The SMILES string of the molecule is COc1ccc(C(=O)Nc2sc3c(c2C(N)=O)CCN(C(C)C)C3)c(OC)c1.Cl. The smallest absolute Gasteiger partial charge is 0.260 e. The van der Waals surface area contributed by atoms with Crippen molar-refractivity contribution >= 4 is 40.6 Å². The summed E-state index contributed by atoms with van der Waals surface area (Å²) in [5, 5.41) is 3.35. The number of rotatable bonds is 6. The highest BCUT2D eigenvalue weighted by atomic mass is 35.5. The predicted octanol–water partition coefficient (Wildman–Crippen LogP) is 3.30. The van der Waals surface area contributed by atoms with Crippen LogP contribution >= 0.6 is 23.7 Å². The van der Waals surface area contributed by atoms with Crippen molar-refractivity contribution in [2.45, 2.75) is 32.9 Å². The number of hydrogen-bond acceptors (Lipinski definition) is 6. The minimum absolute atomic E-state index is 0. The van der Waals surface area contributed by atoms with Crippen molar-refractivity contribution in [2.75, 3.05) is 26.1 Å². The highest BCUT2D eigenvalue weighted by molar-refractivity contribution is 7.17. The van der Waals surface area contributed by atoms with Gasteiger partial charge in [-0.2, -0.15) is 0 Å². The molecule has 1 aromatic carbocycles. The Labute approximate surface area is 180 Å². The van der Waals surface area contributed by atoms with Crippen molar-refractivity contribution in [2.24, 2.45) is 5.73 Å². The first-order valence-corrected chi connectivity index (χ1v) is 9.89. The van der Waals surface area contributed by atoms with Gasteiger partial charge in [0.25, 0.3) is 11.8 Å². The van der Waals surface area contributed by atoms with Crippen LogP contribution in [0, 0.1) is 0 Å². The third-order valence-corrected chi connectivity index (χ3v) is 6.08. The van der Waals surface area contributed by atoms with Crippen LogP contribution in [0.5, 0.6) is 11.5 Å². The zero-order valence-corrected chi connectivity index (χ0v) is 18.5. The van der Waals surface area contributed by atoms with Crippen LogP contribution in [0.3, 0.4) is 0 Å². The van der Waals surface area contributed by atoms with Gasteiger partial charge in [-0.15, -0.1) is 23.7 Å². The van der Waals surface area contributed by atoms with Crippen molar-refractivity contribution in [3.05, 3.63) is 39.8 Å². The van der Waals surface area contributed by atoms with Gasteiger partial charge < -0.3 is 20.5 Å². The number of fused-ring (bicyclic) bond motifs is 1. The molecule has 0 spiro atoms. The fraction of sp³-hybridized carbons (Fsp3) is 0.400. The van der Waals surface area contributed by atoms with Crippen LogP contribution in [0.25, 0.3) is 0 Å². The van der Waals surface area contributed by atoms with Gasteiger partial charge in [-0.1, -0.05) is 0 Å². The molecule has 0 saturated carbocycles. The van der Waals surface area contributed by atoms with Gasteiger partial charge in [0.1, 0.15) is 16.5 Å². The van der Waals surface area contributed by atoms with E-state index >= 15 is 0 Å². The number of methoxy groups -OCH3 is 2. The summed E-state index contributed by atoms with van der Waals surface area (Å²) in [6.45, 7) is 5.90. The Morgan fingerprint density at radius 3 is 2.55 bits per heavy atom. The molecule has 0 radical (unpaired) electrons. The van der Waals surface area contributed by atoms with E-state index < -0.39 is 5.91 Å². The lowest BCUT2D eigenvalue weighted by Gasteiger charge is -2.30. The average molecular weight is 440 g/mol. The quantitative estimate of drug-likeness (QED) is 0.720. The normalized spacial score (nSPS) is 13.4. The number of hydrogen-bond donors (Lipinski definition) is 2. The Kier molecular flexibility index (Phi) is 7.51. The number of carbonyl (C=O) groups is 2. The van der Waals surface area contributed by atoms with Gasteiger partial charge in [0.15, 0.2) is 0 Å². The number of primary amides is 1. The molecule has 1 aliphatic heterocycles. The lowest BCUT2D eigenvalue weighted by Crippen LogP contribution is -2.35. The molecule has 0 fully saturated rings. The van der Waals surface area contributed by atoms with Crippen LogP contribution in [0.15, 0.2) is 18.2 Å². The van der Waals surface area contributed by atoms with Gasteiger partial charge in [0, 0.05) is 30.1 Å². The molecule has 1 aliphatic rings. The van der Waals surface area contributed by atoms with Crippen LogP contribution in [0.4, 0.5) is 5.00 Å². The van der Waals surface area contributed by atoms with Crippen LogP contribution in [-0.2, 0) is 13.0 Å². The number of nitrogens with zero attached hydrogens (tertiary/aromatic N) is 1. The lowest BCUT2D eigenvalue weighted by molar-refractivity contribution is 0.0999. The summed E-state index contributed by atoms with van der Waals surface area (Å²) in [5.74, 6) is 0.102. The van der Waals surface area contributed by atoms with E-state index in [0.29, 0.717) is 33.7 Å². The van der Waals surface area contributed by atoms with Gasteiger partial charge in [-0.05, 0) is 38.0 Å². The first-order valence-electron chi connectivity index (χ1n) is 9.07. The summed E-state index contributed by atoms with van der Waals surface area (Å²) in [7, 11) is 3.04. The number of ether oxygens (including phenoxy) is 2. The maximum absolute atomic E-state index is 12.9. The number of halogens is 1. The minimum Gasteiger partial charge on any atom is -0.497 e. The third kappa shape index (κ3) is 4.66. The molecule has 0 unspecified atom stereocenters. The molecule has 3 rings (SSSR count). The van der Waals surface area contributed by atoms with Gasteiger partial charge >= 0.3 is 0 Å². The number of anilines is 1. The molecule has 0 bridgehead atoms. The second kappa shape index (κ2) is 9.47. The van der Waals surface area contributed by atoms with E-state index in [1.807, 2.05) is 0 Å². The largest absolute Gasteiger partial charge is 0.497 e. The van der Waals surface area contributed by atoms with Crippen molar-refractivity contribution in [3.8, 4) is 11.5 Å². The summed E-state index contributed by atoms with van der Waals surface area (Å²) < 4.78 is 10.5. The van der Waals surface area contributed by atoms with E-state index in [2.05, 4.69) is 24.1 Å². The zero-order valence-electron chi connectivity index (χ0n) is 16.9. The standard InChI is InChI=1S/C20H25N3O4S.ClH/c1-11(2)23-8-7-14-16(10-23)28-20(17(14)18(21)24)22-19(25)13-6-5-12(26-3)9-15(13)27-4;/h5-6,9,11H,7-8,10H2,1-4H3,(H2,21,24)(H,22,25);1H. The van der Waals surface area contributed by atoms with E-state index in [1.165, 1.54) is 18.4 Å². The average Bonchev–Trinajstić information content (AvgIpc) is 3.04. The van der Waals surface area contributed by atoms with Crippen molar-refractivity contribution in [1.29, 1.82) is 0 Å². The van der Waals surface area contributed by atoms with Gasteiger partial charge in [0.2, 0.25) is 0 Å². The number of benzene rings is 1. The number of nitrogens with two attached hydrogens (primary N) is 1. The van der Waals surface area contributed by atoms with Crippen LogP contribution < -0.4 is 20.5 Å². The van der Waals surface area contributed by atoms with E-state index in [9.17, 15) is 9.59 Å². The summed E-state index contributed by atoms with van der Waals surface area (Å²) in [4.78, 5) is 28.4. The highest BCUT2D eigenvalue weighted by Crippen LogP contribution is 2.38. The summed E-state index contributed by atoms with van der Waals surface area (Å²) in [6, 6.07) is 5.37. The van der Waals surface area contributed by atoms with Crippen LogP contribution in [-0.4, -0.2) is 43.5 Å². The Hall–Kier alpha value is -2.29. The van der Waals surface area contributed by atoms with Crippen molar-refractivity contribution in [1.82, 2.24) is 4.90 Å². The number of thiophene rings is 1. The lowest BCUT2D eigenvalue weighted by atomic mass is 10.0. The minimum atomic E-state index is -0.521. The van der Waals surface area contributed by atoms with Crippen molar-refractivity contribution in [3.63, 3.8) is 0 Å². The molecule has 2 amide bonds. The second-order valence-corrected chi connectivity index (χ2v) is 8.01. The summed E-state index contributed by atoms with van der Waals surface area (Å²) in [6.07, 6.45) is 0.740. The molecule has 0 atom stereocenters. The molecule has 29 heavy (non-hydrogen) atoms. The molecule has 0 aliphatic carbocycles. The molecule has 0 saturated heterocycles. The van der Waals surface area contributed by atoms with E-state index in [1.54, 1.807) is 25.3 Å². The monoisotopic (exact) mass is 439 g/mol. The molecule has 9 heteroatoms. The molecule has 3 N–H and O–H groups in total. The van der Waals surface area contributed by atoms with Crippen molar-refractivity contribution < 1.29 is 19.1 Å². The predicted molar refractivity (Wildman–Crippen MR) is 117 cm³/mol. The molecular formula is C20H26ClN3O4S. The number of nitrogens with one attached hydrogen (secondary N) is 1. The second-order valence-electron chi connectivity index (χ2n) is 6.91. The van der Waals surface area contributed by atoms with E-state index in [0.717, 1.165) is 30.0 Å². The first kappa shape index (κ1) is 23.0. The first-order chi connectivity index (χ1) is 13.3. The molecule has 2 heterocycles. The zero-order chi connectivity index (χ0) is 20.4. The van der Waals surface area contributed by atoms with Gasteiger partial charge in [-0.3, -0.25) is 14.5 Å². The Morgan fingerprint density at radius 2 is 1.97 bits per heavy atom. The highest BCUT2D eigenvalue weighted by Gasteiger charge is 2.29. The molecule has 2 aromatic rings. The Bertz CT molecular complexity index is 913. The maximum Gasteiger partial charge on any atom is 0.260 e. The third-order valence-electron chi connectivity index (χ3n) is 4.94. The Morgan fingerprint density at radius 1 is 1.24 bits per heavy atom. The maximum atomic E-state index is 12.9. The number of amides is 2. The van der Waals surface area contributed by atoms with E-state index in [4.69, 9.17) is 15.2 Å². The van der Waals surface area contributed by atoms with Crippen LogP contribution in [0.2, 0.25) is 0 Å². The number of carbonyl (C=O) groups excluding carboxylic acids is 2. The summed E-state index contributed by atoms with van der Waals surface area (Å²) in [5.41, 5.74) is 7.37. The topological polar surface area (TPSA) is 93.9 Å². The fourth-order valence-corrected chi connectivity index (χ4v) is 4.64. The summed E-state index contributed by atoms with van der Waals surface area (Å²) >= 11 is 1.42. The van der Waals surface area contributed by atoms with E-state index in [-0.39, 0.29) is 18.3 Å². The molecule has 7 nitrogen and oxygen atoms in total. The fourth-order valence-electron chi connectivity index (χ4n) is 3.37. The molecular weight excluding hydrogens is 414 g/mol. The molecule has 1 aromatic heterocycles.